The van der Waals surface area contributed by atoms with E-state index in [1.54, 1.807) is 6.26 Å². The quantitative estimate of drug-likeness (QED) is 0.651. The molecule has 14 heavy (non-hydrogen) atoms. The molecule has 3 nitrogen and oxygen atoms in total. The van der Waals surface area contributed by atoms with Crippen molar-refractivity contribution in [3.05, 3.63) is 11.8 Å². The summed E-state index contributed by atoms with van der Waals surface area (Å²) >= 11 is 0. The van der Waals surface area contributed by atoms with Crippen LogP contribution >= 0.6 is 0 Å². The molecule has 1 heterocycles. The molecular formula is C11H20O3. The second kappa shape index (κ2) is 5.37. The van der Waals surface area contributed by atoms with Crippen molar-refractivity contribution in [1.29, 1.82) is 0 Å². The average Bonchev–Trinajstić information content (AvgIpc) is 2.19. The lowest BCUT2D eigenvalue weighted by atomic mass is 10.0. The van der Waals surface area contributed by atoms with E-state index in [4.69, 9.17) is 14.2 Å². The van der Waals surface area contributed by atoms with Crippen LogP contribution in [0.3, 0.4) is 0 Å². The molecule has 82 valence electrons. The van der Waals surface area contributed by atoms with Crippen molar-refractivity contribution in [2.45, 2.75) is 32.8 Å². The van der Waals surface area contributed by atoms with Crippen LogP contribution in [0.5, 0.6) is 0 Å². The molecular weight excluding hydrogens is 180 g/mol. The molecule has 0 aromatic heterocycles. The van der Waals surface area contributed by atoms with Crippen molar-refractivity contribution < 1.29 is 14.2 Å². The molecule has 1 aliphatic rings. The minimum atomic E-state index is -0.232. The highest BCUT2D eigenvalue weighted by Crippen LogP contribution is 2.20. The predicted molar refractivity (Wildman–Crippen MR) is 55.2 cm³/mol. The van der Waals surface area contributed by atoms with E-state index in [9.17, 15) is 0 Å². The molecule has 0 bridgehead atoms. The van der Waals surface area contributed by atoms with E-state index in [2.05, 4.69) is 6.92 Å². The second-order valence-corrected chi connectivity index (χ2v) is 3.94. The van der Waals surface area contributed by atoms with Gasteiger partial charge in [-0.25, -0.2) is 0 Å². The SMILES string of the molecule is CCC1(COC=C(C)C)COCCO1. The van der Waals surface area contributed by atoms with Gasteiger partial charge in [0.1, 0.15) is 12.2 Å². The summed E-state index contributed by atoms with van der Waals surface area (Å²) in [5.74, 6) is 0. The van der Waals surface area contributed by atoms with Crippen molar-refractivity contribution in [1.82, 2.24) is 0 Å². The van der Waals surface area contributed by atoms with Crippen molar-refractivity contribution in [2.24, 2.45) is 0 Å². The fraction of sp³-hybridized carbons (Fsp3) is 0.818. The Morgan fingerprint density at radius 2 is 2.21 bits per heavy atom. The zero-order chi connectivity index (χ0) is 10.4. The van der Waals surface area contributed by atoms with E-state index >= 15 is 0 Å². The summed E-state index contributed by atoms with van der Waals surface area (Å²) in [6.07, 6.45) is 2.69. The standard InChI is InChI=1S/C11H20O3/c1-4-11(8-12-5-6-14-11)9-13-7-10(2)3/h7H,4-6,8-9H2,1-3H3. The largest absolute Gasteiger partial charge is 0.498 e. The monoisotopic (exact) mass is 200 g/mol. The van der Waals surface area contributed by atoms with Gasteiger partial charge in [0, 0.05) is 0 Å². The molecule has 0 saturated carbocycles. The lowest BCUT2D eigenvalue weighted by molar-refractivity contribution is -0.176. The summed E-state index contributed by atoms with van der Waals surface area (Å²) < 4.78 is 16.6. The fourth-order valence-corrected chi connectivity index (χ4v) is 1.37. The summed E-state index contributed by atoms with van der Waals surface area (Å²) in [7, 11) is 0. The van der Waals surface area contributed by atoms with Crippen LogP contribution in [0.4, 0.5) is 0 Å². The summed E-state index contributed by atoms with van der Waals surface area (Å²) in [4.78, 5) is 0. The highest BCUT2D eigenvalue weighted by molar-refractivity contribution is 4.88. The Labute approximate surface area is 86.0 Å². The van der Waals surface area contributed by atoms with Gasteiger partial charge in [0.25, 0.3) is 0 Å². The van der Waals surface area contributed by atoms with Crippen LogP contribution in [0.1, 0.15) is 27.2 Å². The predicted octanol–water partition coefficient (Wildman–Crippen LogP) is 2.12. The van der Waals surface area contributed by atoms with Gasteiger partial charge in [-0.1, -0.05) is 6.92 Å². The average molecular weight is 200 g/mol. The molecule has 1 unspecified atom stereocenters. The van der Waals surface area contributed by atoms with Gasteiger partial charge in [-0.05, 0) is 25.8 Å². The first-order valence-electron chi connectivity index (χ1n) is 5.15. The maximum Gasteiger partial charge on any atom is 0.125 e. The molecule has 1 atom stereocenters. The van der Waals surface area contributed by atoms with E-state index in [1.807, 2.05) is 13.8 Å². The first kappa shape index (κ1) is 11.5. The Hall–Kier alpha value is -0.540. The molecule has 0 aromatic carbocycles. The molecule has 0 radical (unpaired) electrons. The molecule has 1 fully saturated rings. The van der Waals surface area contributed by atoms with Crippen molar-refractivity contribution >= 4 is 0 Å². The highest BCUT2D eigenvalue weighted by Gasteiger charge is 2.32. The molecule has 0 spiro atoms. The molecule has 0 amide bonds. The first-order valence-corrected chi connectivity index (χ1v) is 5.15. The smallest absolute Gasteiger partial charge is 0.125 e. The molecule has 0 N–H and O–H groups in total. The fourth-order valence-electron chi connectivity index (χ4n) is 1.37. The number of ether oxygens (including phenoxy) is 3. The van der Waals surface area contributed by atoms with Crippen LogP contribution in [0.25, 0.3) is 0 Å². The van der Waals surface area contributed by atoms with Crippen LogP contribution in [-0.2, 0) is 14.2 Å². The third kappa shape index (κ3) is 3.31. The van der Waals surface area contributed by atoms with Crippen molar-refractivity contribution in [2.75, 3.05) is 26.4 Å². The van der Waals surface area contributed by atoms with Crippen LogP contribution in [0.2, 0.25) is 0 Å². The van der Waals surface area contributed by atoms with Gasteiger partial charge in [-0.3, -0.25) is 0 Å². The molecule has 1 rings (SSSR count). The van der Waals surface area contributed by atoms with Gasteiger partial charge in [-0.2, -0.15) is 0 Å². The van der Waals surface area contributed by atoms with E-state index in [0.717, 1.165) is 12.0 Å². The normalized spacial score (nSPS) is 27.1. The Balaban J connectivity index is 2.40. The molecule has 3 heteroatoms. The third-order valence-corrected chi connectivity index (χ3v) is 2.31. The Morgan fingerprint density at radius 1 is 1.43 bits per heavy atom. The van der Waals surface area contributed by atoms with E-state index in [1.165, 1.54) is 0 Å². The Bertz CT molecular complexity index is 189. The summed E-state index contributed by atoms with van der Waals surface area (Å²) in [6.45, 7) is 8.71. The molecule has 0 aromatic rings. The minimum Gasteiger partial charge on any atom is -0.498 e. The first-order chi connectivity index (χ1) is 6.68. The van der Waals surface area contributed by atoms with Gasteiger partial charge in [0.15, 0.2) is 0 Å². The van der Waals surface area contributed by atoms with Crippen LogP contribution in [0, 0.1) is 0 Å². The molecule has 1 saturated heterocycles. The Kier molecular flexibility index (Phi) is 4.42. The summed E-state index contributed by atoms with van der Waals surface area (Å²) in [5.41, 5.74) is 0.928. The van der Waals surface area contributed by atoms with Crippen LogP contribution in [0.15, 0.2) is 11.8 Å². The summed E-state index contributed by atoms with van der Waals surface area (Å²) in [6, 6.07) is 0. The van der Waals surface area contributed by atoms with Crippen molar-refractivity contribution in [3.8, 4) is 0 Å². The van der Waals surface area contributed by atoms with E-state index < -0.39 is 0 Å². The van der Waals surface area contributed by atoms with Gasteiger partial charge in [-0.15, -0.1) is 0 Å². The van der Waals surface area contributed by atoms with Crippen molar-refractivity contribution in [3.63, 3.8) is 0 Å². The zero-order valence-corrected chi connectivity index (χ0v) is 9.34. The number of rotatable bonds is 4. The van der Waals surface area contributed by atoms with Gasteiger partial charge >= 0.3 is 0 Å². The van der Waals surface area contributed by atoms with Crippen LogP contribution < -0.4 is 0 Å². The lowest BCUT2D eigenvalue weighted by Crippen LogP contribution is -2.46. The number of hydrogen-bond donors (Lipinski definition) is 0. The van der Waals surface area contributed by atoms with Crippen LogP contribution in [-0.4, -0.2) is 32.0 Å². The number of allylic oxidation sites excluding steroid dienone is 1. The second-order valence-electron chi connectivity index (χ2n) is 3.94. The molecule has 1 aliphatic heterocycles. The minimum absolute atomic E-state index is 0.232. The summed E-state index contributed by atoms with van der Waals surface area (Å²) in [5, 5.41) is 0. The zero-order valence-electron chi connectivity index (χ0n) is 9.34. The molecule has 0 aliphatic carbocycles. The van der Waals surface area contributed by atoms with Gasteiger partial charge in [0.05, 0.1) is 26.1 Å². The van der Waals surface area contributed by atoms with E-state index in [-0.39, 0.29) is 5.60 Å². The Morgan fingerprint density at radius 3 is 2.71 bits per heavy atom. The van der Waals surface area contributed by atoms with E-state index in [0.29, 0.717) is 26.4 Å². The number of hydrogen-bond acceptors (Lipinski definition) is 3. The van der Waals surface area contributed by atoms with Gasteiger partial charge in [0.2, 0.25) is 0 Å². The van der Waals surface area contributed by atoms with Gasteiger partial charge < -0.3 is 14.2 Å². The highest BCUT2D eigenvalue weighted by atomic mass is 16.6. The maximum atomic E-state index is 5.72. The maximum absolute atomic E-state index is 5.72. The third-order valence-electron chi connectivity index (χ3n) is 2.31. The lowest BCUT2D eigenvalue weighted by Gasteiger charge is -2.35. The topological polar surface area (TPSA) is 27.7 Å².